The van der Waals surface area contributed by atoms with Crippen LogP contribution in [0, 0.1) is 0 Å². The minimum Gasteiger partial charge on any atom is -0.370 e. The van der Waals surface area contributed by atoms with Gasteiger partial charge in [-0.1, -0.05) is 35.9 Å². The molecular formula is C23H20BrClF3N5O2S. The van der Waals surface area contributed by atoms with E-state index in [9.17, 15) is 21.6 Å². The highest BCUT2D eigenvalue weighted by molar-refractivity contribution is 9.10. The zero-order chi connectivity index (χ0) is 26.1. The van der Waals surface area contributed by atoms with Crippen LogP contribution in [0.2, 0.25) is 5.02 Å². The number of rotatable bonds is 8. The average Bonchev–Trinajstić information content (AvgIpc) is 3.22. The molecule has 0 atom stereocenters. The van der Waals surface area contributed by atoms with Crippen LogP contribution in [0.25, 0.3) is 16.9 Å². The molecule has 4 aromatic rings. The van der Waals surface area contributed by atoms with Crippen molar-refractivity contribution in [2.45, 2.75) is 17.5 Å². The summed E-state index contributed by atoms with van der Waals surface area (Å²) in [6, 6.07) is 12.8. The second kappa shape index (κ2) is 10.4. The molecule has 0 saturated carbocycles. The fraction of sp³-hybridized carbons (Fsp3) is 0.217. The van der Waals surface area contributed by atoms with Gasteiger partial charge in [0.1, 0.15) is 5.82 Å². The molecular weight excluding hydrogens is 583 g/mol. The van der Waals surface area contributed by atoms with Crippen molar-refractivity contribution in [2.24, 2.45) is 0 Å². The van der Waals surface area contributed by atoms with Gasteiger partial charge < -0.3 is 5.32 Å². The Morgan fingerprint density at radius 1 is 1.14 bits per heavy atom. The molecule has 0 amide bonds. The lowest BCUT2D eigenvalue weighted by Crippen LogP contribution is -2.29. The quantitative estimate of drug-likeness (QED) is 0.252. The fourth-order valence-electron chi connectivity index (χ4n) is 3.52. The Kier molecular flexibility index (Phi) is 7.60. The number of benzene rings is 2. The first-order valence-electron chi connectivity index (χ1n) is 10.6. The van der Waals surface area contributed by atoms with Gasteiger partial charge in [-0.15, -0.1) is 0 Å². The van der Waals surface area contributed by atoms with Gasteiger partial charge in [0.05, 0.1) is 26.8 Å². The smallest absolute Gasteiger partial charge is 0.370 e. The van der Waals surface area contributed by atoms with Crippen LogP contribution in [0.15, 0.2) is 70.2 Å². The lowest BCUT2D eigenvalue weighted by molar-refractivity contribution is -0.137. The molecule has 0 bridgehead atoms. The summed E-state index contributed by atoms with van der Waals surface area (Å²) in [5.41, 5.74) is 0.921. The highest BCUT2D eigenvalue weighted by Gasteiger charge is 2.32. The molecule has 0 spiro atoms. The van der Waals surface area contributed by atoms with Crippen molar-refractivity contribution in [2.75, 3.05) is 25.5 Å². The van der Waals surface area contributed by atoms with Gasteiger partial charge in [-0.05, 0) is 46.6 Å². The van der Waals surface area contributed by atoms with Crippen LogP contribution in [0.5, 0.6) is 0 Å². The summed E-state index contributed by atoms with van der Waals surface area (Å²) < 4.78 is 67.9. The number of sulfonamides is 1. The van der Waals surface area contributed by atoms with Crippen molar-refractivity contribution in [3.05, 3.63) is 75.9 Å². The maximum Gasteiger partial charge on any atom is 0.416 e. The van der Waals surface area contributed by atoms with Crippen LogP contribution in [0.4, 0.5) is 19.0 Å². The Bertz CT molecular complexity index is 1510. The van der Waals surface area contributed by atoms with Crippen molar-refractivity contribution in [1.29, 1.82) is 0 Å². The topological polar surface area (TPSA) is 79.6 Å². The number of nitrogens with zero attached hydrogens (tertiary/aromatic N) is 4. The van der Waals surface area contributed by atoms with E-state index in [0.717, 1.165) is 28.1 Å². The van der Waals surface area contributed by atoms with Crippen molar-refractivity contribution in [1.82, 2.24) is 18.9 Å². The average molecular weight is 603 g/mol. The molecule has 36 heavy (non-hydrogen) atoms. The normalized spacial score (nSPS) is 12.4. The maximum absolute atomic E-state index is 13.0. The Balaban J connectivity index is 1.48. The molecule has 4 rings (SSSR count). The summed E-state index contributed by atoms with van der Waals surface area (Å²) in [7, 11) is -2.75. The molecule has 0 saturated heterocycles. The largest absolute Gasteiger partial charge is 0.416 e. The van der Waals surface area contributed by atoms with E-state index in [2.05, 4.69) is 31.3 Å². The SMILES string of the molecule is CN(CCCNc1cc(-c2ccccc2Cl)nc2c(Br)cnn12)S(=O)(=O)c1cccc(C(F)(F)F)c1. The number of fused-ring (bicyclic) bond motifs is 1. The Hall–Kier alpha value is -2.67. The minimum absolute atomic E-state index is 0.0833. The molecule has 2 aromatic heterocycles. The van der Waals surface area contributed by atoms with Gasteiger partial charge in [-0.3, -0.25) is 0 Å². The van der Waals surface area contributed by atoms with Crippen molar-refractivity contribution in [3.8, 4) is 11.3 Å². The molecule has 2 aromatic carbocycles. The van der Waals surface area contributed by atoms with Crippen LogP contribution < -0.4 is 5.32 Å². The third-order valence-electron chi connectivity index (χ3n) is 5.40. The van der Waals surface area contributed by atoms with E-state index in [1.165, 1.54) is 7.05 Å². The summed E-state index contributed by atoms with van der Waals surface area (Å²) in [6.45, 7) is 0.445. The van der Waals surface area contributed by atoms with Crippen LogP contribution in [0.3, 0.4) is 0 Å². The van der Waals surface area contributed by atoms with E-state index in [4.69, 9.17) is 11.6 Å². The standard InChI is InChI=1S/C23H20BrClF3N5O2S/c1-32(36(34,35)16-7-4-6-15(12-16)23(26,27)28)11-5-10-29-21-13-20(17-8-2-3-9-19(17)25)31-22-18(24)14-30-33(21)22/h2-4,6-9,12-14,29H,5,10-11H2,1H3. The lowest BCUT2D eigenvalue weighted by atomic mass is 10.1. The molecule has 2 heterocycles. The molecule has 0 radical (unpaired) electrons. The minimum atomic E-state index is -4.63. The second-order valence-electron chi connectivity index (χ2n) is 7.87. The molecule has 13 heteroatoms. The predicted molar refractivity (Wildman–Crippen MR) is 135 cm³/mol. The predicted octanol–water partition coefficient (Wildman–Crippen LogP) is 5.95. The summed E-state index contributed by atoms with van der Waals surface area (Å²) in [5.74, 6) is 0.615. The molecule has 0 aliphatic heterocycles. The van der Waals surface area contributed by atoms with Crippen molar-refractivity contribution >= 4 is 49.0 Å². The molecule has 1 N–H and O–H groups in total. The summed E-state index contributed by atoms with van der Waals surface area (Å²) >= 11 is 9.78. The van der Waals surface area contributed by atoms with E-state index < -0.39 is 26.7 Å². The van der Waals surface area contributed by atoms with Gasteiger partial charge in [0.15, 0.2) is 5.65 Å². The third-order valence-corrected chi connectivity index (χ3v) is 8.15. The van der Waals surface area contributed by atoms with Gasteiger partial charge in [-0.2, -0.15) is 22.8 Å². The monoisotopic (exact) mass is 601 g/mol. The summed E-state index contributed by atoms with van der Waals surface area (Å²) in [6.07, 6.45) is -2.64. The molecule has 0 aliphatic rings. The first kappa shape index (κ1) is 26.4. The van der Waals surface area contributed by atoms with Gasteiger partial charge in [0.2, 0.25) is 10.0 Å². The van der Waals surface area contributed by atoms with Crippen molar-refractivity contribution in [3.63, 3.8) is 0 Å². The summed E-state index contributed by atoms with van der Waals surface area (Å²) in [4.78, 5) is 4.23. The first-order valence-corrected chi connectivity index (χ1v) is 13.3. The number of hydrogen-bond donors (Lipinski definition) is 1. The highest BCUT2D eigenvalue weighted by Crippen LogP contribution is 2.32. The Morgan fingerprint density at radius 3 is 2.61 bits per heavy atom. The Labute approximate surface area is 219 Å². The summed E-state index contributed by atoms with van der Waals surface area (Å²) in [5, 5.41) is 8.08. The lowest BCUT2D eigenvalue weighted by Gasteiger charge is -2.18. The second-order valence-corrected chi connectivity index (χ2v) is 11.2. The first-order chi connectivity index (χ1) is 17.0. The third kappa shape index (κ3) is 5.51. The maximum atomic E-state index is 13.0. The van der Waals surface area contributed by atoms with Crippen LogP contribution >= 0.6 is 27.5 Å². The number of alkyl halides is 3. The van der Waals surface area contributed by atoms with Crippen LogP contribution in [-0.4, -0.2) is 47.5 Å². The van der Waals surface area contributed by atoms with Crippen molar-refractivity contribution < 1.29 is 21.6 Å². The van der Waals surface area contributed by atoms with Gasteiger partial charge in [-0.25, -0.2) is 17.7 Å². The van der Waals surface area contributed by atoms with Gasteiger partial charge in [0, 0.05) is 36.8 Å². The number of anilines is 1. The van der Waals surface area contributed by atoms with E-state index in [-0.39, 0.29) is 6.54 Å². The zero-order valence-corrected chi connectivity index (χ0v) is 22.0. The highest BCUT2D eigenvalue weighted by atomic mass is 79.9. The number of aromatic nitrogens is 3. The molecule has 0 aliphatic carbocycles. The molecule has 0 fully saturated rings. The molecule has 190 valence electrons. The van der Waals surface area contributed by atoms with E-state index in [1.54, 1.807) is 22.8 Å². The Morgan fingerprint density at radius 2 is 1.89 bits per heavy atom. The number of halogens is 5. The van der Waals surface area contributed by atoms with Gasteiger partial charge in [0.25, 0.3) is 0 Å². The van der Waals surface area contributed by atoms with E-state index in [1.807, 2.05) is 18.2 Å². The number of hydrogen-bond acceptors (Lipinski definition) is 5. The van der Waals surface area contributed by atoms with Crippen LogP contribution in [-0.2, 0) is 16.2 Å². The number of nitrogens with one attached hydrogen (secondary N) is 1. The van der Waals surface area contributed by atoms with E-state index in [0.29, 0.717) is 45.7 Å². The molecule has 0 unspecified atom stereocenters. The fourth-order valence-corrected chi connectivity index (χ4v) is 5.36. The van der Waals surface area contributed by atoms with Gasteiger partial charge >= 0.3 is 6.18 Å². The molecule has 7 nitrogen and oxygen atoms in total. The van der Waals surface area contributed by atoms with Crippen LogP contribution in [0.1, 0.15) is 12.0 Å². The van der Waals surface area contributed by atoms with E-state index >= 15 is 0 Å². The zero-order valence-electron chi connectivity index (χ0n) is 18.8.